The van der Waals surface area contributed by atoms with E-state index < -0.39 is 0 Å². The highest BCUT2D eigenvalue weighted by Gasteiger charge is 2.33. The summed E-state index contributed by atoms with van der Waals surface area (Å²) in [6.07, 6.45) is 2.91. The van der Waals surface area contributed by atoms with Crippen molar-refractivity contribution >= 4 is 15.9 Å². The van der Waals surface area contributed by atoms with Gasteiger partial charge < -0.3 is 10.1 Å². The lowest BCUT2D eigenvalue weighted by atomic mass is 9.95. The molecule has 0 aliphatic heterocycles. The molecule has 0 radical (unpaired) electrons. The average molecular weight is 304 g/mol. The smallest absolute Gasteiger partial charge is 0.0832 e. The third kappa shape index (κ3) is 3.09. The fraction of sp³-hybridized carbons (Fsp3) is 0.750. The van der Waals surface area contributed by atoms with Crippen molar-refractivity contribution in [3.05, 3.63) is 16.4 Å². The van der Waals surface area contributed by atoms with Gasteiger partial charge in [0.2, 0.25) is 0 Å². The van der Waals surface area contributed by atoms with Gasteiger partial charge in [-0.1, -0.05) is 6.92 Å². The van der Waals surface area contributed by atoms with Crippen LogP contribution in [0, 0.1) is 0 Å². The molecule has 0 fully saturated rings. The Morgan fingerprint density at radius 2 is 2.24 bits per heavy atom. The number of hydrogen-bond donors (Lipinski definition) is 1. The highest BCUT2D eigenvalue weighted by Crippen LogP contribution is 2.32. The van der Waals surface area contributed by atoms with Gasteiger partial charge in [-0.2, -0.15) is 5.10 Å². The van der Waals surface area contributed by atoms with E-state index in [1.165, 1.54) is 0 Å². The zero-order valence-corrected chi connectivity index (χ0v) is 12.8. The maximum Gasteiger partial charge on any atom is 0.0832 e. The van der Waals surface area contributed by atoms with Crippen LogP contribution in [0.15, 0.2) is 10.7 Å². The van der Waals surface area contributed by atoms with Crippen LogP contribution in [-0.2, 0) is 11.3 Å². The van der Waals surface area contributed by atoms with Gasteiger partial charge in [0.05, 0.1) is 28.0 Å². The minimum absolute atomic E-state index is 0.0934. The Balaban J connectivity index is 3.15. The third-order valence-electron chi connectivity index (χ3n) is 3.05. The van der Waals surface area contributed by atoms with Gasteiger partial charge in [-0.25, -0.2) is 0 Å². The fourth-order valence-electron chi connectivity index (χ4n) is 1.98. The lowest BCUT2D eigenvalue weighted by Crippen LogP contribution is -2.40. The molecule has 0 bridgehead atoms. The van der Waals surface area contributed by atoms with Crippen molar-refractivity contribution in [2.75, 3.05) is 14.2 Å². The van der Waals surface area contributed by atoms with Crippen LogP contribution in [0.3, 0.4) is 0 Å². The minimum atomic E-state index is -0.289. The van der Waals surface area contributed by atoms with E-state index in [4.69, 9.17) is 4.74 Å². The van der Waals surface area contributed by atoms with Gasteiger partial charge in [-0.15, -0.1) is 0 Å². The molecule has 4 nitrogen and oxygen atoms in total. The molecular weight excluding hydrogens is 282 g/mol. The molecule has 1 atom stereocenters. The van der Waals surface area contributed by atoms with Crippen molar-refractivity contribution in [3.63, 3.8) is 0 Å². The van der Waals surface area contributed by atoms with Gasteiger partial charge in [0.1, 0.15) is 0 Å². The molecular formula is C12H22BrN3O. The third-order valence-corrected chi connectivity index (χ3v) is 3.66. The van der Waals surface area contributed by atoms with Crippen LogP contribution in [0.5, 0.6) is 0 Å². The van der Waals surface area contributed by atoms with E-state index in [9.17, 15) is 0 Å². The van der Waals surface area contributed by atoms with Gasteiger partial charge in [-0.05, 0) is 43.2 Å². The van der Waals surface area contributed by atoms with Crippen LogP contribution in [0.4, 0.5) is 0 Å². The summed E-state index contributed by atoms with van der Waals surface area (Å²) in [5.74, 6) is 0. The fourth-order valence-corrected chi connectivity index (χ4v) is 2.51. The summed E-state index contributed by atoms with van der Waals surface area (Å²) in [5, 5.41) is 7.72. The second-order valence-corrected chi connectivity index (χ2v) is 5.48. The van der Waals surface area contributed by atoms with Gasteiger partial charge in [-0.3, -0.25) is 4.68 Å². The molecule has 0 spiro atoms. The number of hydrogen-bond acceptors (Lipinski definition) is 3. The van der Waals surface area contributed by atoms with E-state index in [1.54, 1.807) is 7.11 Å². The predicted octanol–water partition coefficient (Wildman–Crippen LogP) is 2.74. The van der Waals surface area contributed by atoms with Crippen molar-refractivity contribution in [1.82, 2.24) is 15.1 Å². The first-order chi connectivity index (χ1) is 7.97. The van der Waals surface area contributed by atoms with Crippen molar-refractivity contribution in [1.29, 1.82) is 0 Å². The number of rotatable bonds is 6. The molecule has 1 unspecified atom stereocenters. The zero-order valence-electron chi connectivity index (χ0n) is 11.2. The first-order valence-electron chi connectivity index (χ1n) is 5.91. The van der Waals surface area contributed by atoms with E-state index in [-0.39, 0.29) is 11.6 Å². The van der Waals surface area contributed by atoms with Gasteiger partial charge in [0.25, 0.3) is 0 Å². The number of nitrogens with one attached hydrogen (secondary N) is 1. The van der Waals surface area contributed by atoms with Crippen molar-refractivity contribution < 1.29 is 4.74 Å². The number of ether oxygens (including phenoxy) is 1. The Kier molecular flexibility index (Phi) is 5.16. The Bertz CT molecular complexity index is 363. The van der Waals surface area contributed by atoms with Crippen LogP contribution in [0.25, 0.3) is 0 Å². The molecule has 5 heteroatoms. The highest BCUT2D eigenvalue weighted by atomic mass is 79.9. The molecule has 0 aliphatic rings. The Hall–Kier alpha value is -0.390. The van der Waals surface area contributed by atoms with Gasteiger partial charge in [0.15, 0.2) is 0 Å². The van der Waals surface area contributed by atoms with E-state index in [0.29, 0.717) is 0 Å². The van der Waals surface area contributed by atoms with E-state index in [0.717, 1.165) is 23.1 Å². The summed E-state index contributed by atoms with van der Waals surface area (Å²) in [6, 6.07) is 0.0934. The standard InChI is InChI=1S/C12H22BrN3O/c1-6-7-16-10(9(13)8-15-16)11(14-4)12(2,3)17-5/h8,11,14H,6-7H2,1-5H3. The molecule has 1 rings (SSSR count). The topological polar surface area (TPSA) is 39.1 Å². The number of halogens is 1. The lowest BCUT2D eigenvalue weighted by molar-refractivity contribution is -0.0116. The monoisotopic (exact) mass is 303 g/mol. The number of likely N-dealkylation sites (N-methyl/N-ethyl adjacent to an activating group) is 1. The summed E-state index contributed by atoms with van der Waals surface area (Å²) in [6.45, 7) is 7.21. The summed E-state index contributed by atoms with van der Waals surface area (Å²) < 4.78 is 8.64. The predicted molar refractivity (Wildman–Crippen MR) is 73.1 cm³/mol. The first kappa shape index (κ1) is 14.7. The van der Waals surface area contributed by atoms with Crippen LogP contribution in [-0.4, -0.2) is 29.5 Å². The molecule has 17 heavy (non-hydrogen) atoms. The Morgan fingerprint density at radius 3 is 2.71 bits per heavy atom. The maximum atomic E-state index is 5.58. The molecule has 0 saturated carbocycles. The van der Waals surface area contributed by atoms with Crippen molar-refractivity contribution in [2.45, 2.75) is 45.4 Å². The number of methoxy groups -OCH3 is 1. The Labute approximate surface area is 112 Å². The van der Waals surface area contributed by atoms with E-state index in [2.05, 4.69) is 47.1 Å². The number of aromatic nitrogens is 2. The van der Waals surface area contributed by atoms with E-state index in [1.807, 2.05) is 17.9 Å². The van der Waals surface area contributed by atoms with Crippen LogP contribution < -0.4 is 5.32 Å². The molecule has 0 aromatic carbocycles. The summed E-state index contributed by atoms with van der Waals surface area (Å²) in [5.41, 5.74) is 0.851. The summed E-state index contributed by atoms with van der Waals surface area (Å²) in [4.78, 5) is 0. The summed E-state index contributed by atoms with van der Waals surface area (Å²) >= 11 is 3.57. The number of nitrogens with zero attached hydrogens (tertiary/aromatic N) is 2. The summed E-state index contributed by atoms with van der Waals surface area (Å²) in [7, 11) is 3.68. The first-order valence-corrected chi connectivity index (χ1v) is 6.70. The van der Waals surface area contributed by atoms with Crippen LogP contribution in [0.2, 0.25) is 0 Å². The molecule has 0 saturated heterocycles. The minimum Gasteiger partial charge on any atom is -0.377 e. The Morgan fingerprint density at radius 1 is 1.59 bits per heavy atom. The maximum absolute atomic E-state index is 5.58. The van der Waals surface area contributed by atoms with Crippen LogP contribution >= 0.6 is 15.9 Å². The van der Waals surface area contributed by atoms with Crippen molar-refractivity contribution in [2.24, 2.45) is 0 Å². The molecule has 1 aromatic rings. The molecule has 1 heterocycles. The molecule has 98 valence electrons. The molecule has 1 aromatic heterocycles. The molecule has 0 amide bonds. The lowest BCUT2D eigenvalue weighted by Gasteiger charge is -2.33. The second kappa shape index (κ2) is 5.98. The molecule has 0 aliphatic carbocycles. The SMILES string of the molecule is CCCn1ncc(Br)c1C(NC)C(C)(C)OC. The normalized spacial score (nSPS) is 14.0. The van der Waals surface area contributed by atoms with E-state index >= 15 is 0 Å². The average Bonchev–Trinajstić information content (AvgIpc) is 2.63. The van der Waals surface area contributed by atoms with Crippen molar-refractivity contribution in [3.8, 4) is 0 Å². The highest BCUT2D eigenvalue weighted by molar-refractivity contribution is 9.10. The number of aryl methyl sites for hydroxylation is 1. The largest absolute Gasteiger partial charge is 0.377 e. The van der Waals surface area contributed by atoms with Gasteiger partial charge >= 0.3 is 0 Å². The quantitative estimate of drug-likeness (QED) is 0.878. The van der Waals surface area contributed by atoms with Gasteiger partial charge in [0, 0.05) is 13.7 Å². The second-order valence-electron chi connectivity index (χ2n) is 4.63. The molecule has 1 N–H and O–H groups in total. The zero-order chi connectivity index (χ0) is 13.1. The van der Waals surface area contributed by atoms with Crippen LogP contribution in [0.1, 0.15) is 38.9 Å².